The molecule has 0 aliphatic rings. The molecule has 0 spiro atoms. The largest absolute Gasteiger partial charge is 0.363 e. The molecule has 0 saturated carbocycles. The highest BCUT2D eigenvalue weighted by Crippen LogP contribution is 2.12. The third kappa shape index (κ3) is 3.04. The fourth-order valence-electron chi connectivity index (χ4n) is 1.50. The van der Waals surface area contributed by atoms with Gasteiger partial charge >= 0.3 is 0 Å². The summed E-state index contributed by atoms with van der Waals surface area (Å²) in [5.74, 6) is 0.887. The second-order valence-corrected chi connectivity index (χ2v) is 4.86. The van der Waals surface area contributed by atoms with E-state index in [9.17, 15) is 0 Å². The van der Waals surface area contributed by atoms with Gasteiger partial charge in [0.15, 0.2) is 0 Å². The van der Waals surface area contributed by atoms with E-state index >= 15 is 0 Å². The van der Waals surface area contributed by atoms with Crippen molar-refractivity contribution >= 4 is 17.2 Å². The molecule has 92 valence electrons. The summed E-state index contributed by atoms with van der Waals surface area (Å²) in [5, 5.41) is 10.8. The van der Waals surface area contributed by atoms with Gasteiger partial charge in [-0.3, -0.25) is 4.68 Å². The summed E-state index contributed by atoms with van der Waals surface area (Å²) >= 11 is 1.66. The maximum Gasteiger partial charge on any atom is 0.148 e. The minimum Gasteiger partial charge on any atom is -0.363 e. The molecule has 0 unspecified atom stereocenters. The van der Waals surface area contributed by atoms with Gasteiger partial charge in [-0.25, -0.2) is 4.98 Å². The van der Waals surface area contributed by atoms with Crippen LogP contribution in [0.25, 0.3) is 0 Å². The lowest BCUT2D eigenvalue weighted by Crippen LogP contribution is -2.04. The van der Waals surface area contributed by atoms with Crippen LogP contribution < -0.4 is 11.1 Å². The number of thiazole rings is 1. The summed E-state index contributed by atoms with van der Waals surface area (Å²) in [7, 11) is 1.93. The topological polar surface area (TPSA) is 68.8 Å². The number of hydrogen-bond acceptors (Lipinski definition) is 5. The van der Waals surface area contributed by atoms with E-state index in [0.29, 0.717) is 13.1 Å². The second-order valence-electron chi connectivity index (χ2n) is 3.92. The van der Waals surface area contributed by atoms with Crippen LogP contribution in [0.2, 0.25) is 0 Å². The van der Waals surface area contributed by atoms with E-state index in [1.165, 1.54) is 0 Å². The highest BCUT2D eigenvalue weighted by Gasteiger charge is 2.03. The van der Waals surface area contributed by atoms with Crippen LogP contribution in [0.3, 0.4) is 0 Å². The van der Waals surface area contributed by atoms with Crippen molar-refractivity contribution in [3.63, 3.8) is 0 Å². The first-order valence-corrected chi connectivity index (χ1v) is 6.45. The number of aryl methyl sites for hydroxylation is 2. The van der Waals surface area contributed by atoms with Gasteiger partial charge in [-0.1, -0.05) is 0 Å². The van der Waals surface area contributed by atoms with E-state index in [0.717, 1.165) is 28.6 Å². The number of nitrogens with zero attached hydrogens (tertiary/aromatic N) is 3. The minimum atomic E-state index is 0.653. The van der Waals surface area contributed by atoms with E-state index in [-0.39, 0.29) is 0 Å². The molecule has 2 rings (SSSR count). The van der Waals surface area contributed by atoms with Crippen molar-refractivity contribution in [1.82, 2.24) is 14.8 Å². The highest BCUT2D eigenvalue weighted by atomic mass is 32.1. The van der Waals surface area contributed by atoms with Gasteiger partial charge in [0, 0.05) is 30.6 Å². The summed E-state index contributed by atoms with van der Waals surface area (Å²) in [6.07, 6.45) is 0.855. The Balaban J connectivity index is 1.92. The van der Waals surface area contributed by atoms with Crippen molar-refractivity contribution in [3.05, 3.63) is 27.8 Å². The fraction of sp³-hybridized carbons (Fsp3) is 0.455. The summed E-state index contributed by atoms with van der Waals surface area (Å²) in [6.45, 7) is 3.39. The van der Waals surface area contributed by atoms with Crippen LogP contribution in [-0.4, -0.2) is 21.3 Å². The van der Waals surface area contributed by atoms with Crippen LogP contribution in [0.15, 0.2) is 11.4 Å². The van der Waals surface area contributed by atoms with Crippen LogP contribution in [0.1, 0.15) is 16.4 Å². The average molecular weight is 251 g/mol. The van der Waals surface area contributed by atoms with Crippen LogP contribution in [-0.2, 0) is 20.0 Å². The third-order valence-corrected chi connectivity index (χ3v) is 3.48. The predicted molar refractivity (Wildman–Crippen MR) is 70.1 cm³/mol. The molecule has 2 heterocycles. The maximum absolute atomic E-state index is 5.49. The molecule has 3 N–H and O–H groups in total. The Morgan fingerprint density at radius 2 is 2.35 bits per heavy atom. The zero-order valence-corrected chi connectivity index (χ0v) is 10.9. The van der Waals surface area contributed by atoms with Gasteiger partial charge in [0.05, 0.1) is 17.2 Å². The summed E-state index contributed by atoms with van der Waals surface area (Å²) < 4.78 is 1.85. The zero-order chi connectivity index (χ0) is 12.3. The second kappa shape index (κ2) is 5.29. The Morgan fingerprint density at radius 3 is 3.00 bits per heavy atom. The maximum atomic E-state index is 5.49. The van der Waals surface area contributed by atoms with Crippen LogP contribution >= 0.6 is 11.3 Å². The third-order valence-electron chi connectivity index (χ3n) is 2.52. The SMILES string of the molecule is Cc1cc(NCc2csc(CCN)n2)nn1C. The highest BCUT2D eigenvalue weighted by molar-refractivity contribution is 7.09. The Bertz CT molecular complexity index is 468. The van der Waals surface area contributed by atoms with Crippen molar-refractivity contribution in [2.45, 2.75) is 19.9 Å². The molecule has 2 aromatic rings. The smallest absolute Gasteiger partial charge is 0.148 e. The van der Waals surface area contributed by atoms with Crippen molar-refractivity contribution in [3.8, 4) is 0 Å². The number of aromatic nitrogens is 3. The molecule has 5 nitrogen and oxygen atoms in total. The average Bonchev–Trinajstić information content (AvgIpc) is 2.85. The molecule has 0 fully saturated rings. The Morgan fingerprint density at radius 1 is 1.53 bits per heavy atom. The molecule has 0 atom stereocenters. The molecule has 17 heavy (non-hydrogen) atoms. The van der Waals surface area contributed by atoms with Crippen molar-refractivity contribution < 1.29 is 0 Å². The van der Waals surface area contributed by atoms with Crippen LogP contribution in [0.5, 0.6) is 0 Å². The van der Waals surface area contributed by atoms with Gasteiger partial charge in [-0.05, 0) is 13.5 Å². The summed E-state index contributed by atoms with van der Waals surface area (Å²) in [5.41, 5.74) is 7.67. The molecule has 0 aliphatic carbocycles. The van der Waals surface area contributed by atoms with E-state index in [2.05, 4.69) is 20.8 Å². The van der Waals surface area contributed by atoms with Crippen LogP contribution in [0.4, 0.5) is 5.82 Å². The lowest BCUT2D eigenvalue weighted by atomic mass is 10.4. The van der Waals surface area contributed by atoms with Gasteiger partial charge in [-0.2, -0.15) is 5.10 Å². The zero-order valence-electron chi connectivity index (χ0n) is 10.1. The molecule has 0 bridgehead atoms. The first kappa shape index (κ1) is 12.1. The number of nitrogens with two attached hydrogens (primary N) is 1. The van der Waals surface area contributed by atoms with Gasteiger partial charge in [0.25, 0.3) is 0 Å². The number of rotatable bonds is 5. The standard InChI is InChI=1S/C11H17N5S/c1-8-5-10(15-16(8)2)13-6-9-7-17-11(14-9)3-4-12/h5,7H,3-4,6,12H2,1-2H3,(H,13,15). The number of nitrogens with one attached hydrogen (secondary N) is 1. The molecule has 0 aliphatic heterocycles. The predicted octanol–water partition coefficient (Wildman–Crippen LogP) is 1.30. The van der Waals surface area contributed by atoms with Crippen molar-refractivity contribution in [2.75, 3.05) is 11.9 Å². The van der Waals surface area contributed by atoms with Crippen molar-refractivity contribution in [1.29, 1.82) is 0 Å². The summed E-state index contributed by atoms with van der Waals surface area (Å²) in [4.78, 5) is 4.49. The van der Waals surface area contributed by atoms with E-state index in [4.69, 9.17) is 5.73 Å². The molecular weight excluding hydrogens is 234 g/mol. The fourth-order valence-corrected chi connectivity index (χ4v) is 2.31. The summed E-state index contributed by atoms with van der Waals surface area (Å²) in [6, 6.07) is 2.02. The molecule has 0 radical (unpaired) electrons. The normalized spacial score (nSPS) is 10.8. The van der Waals surface area contributed by atoms with E-state index in [1.54, 1.807) is 11.3 Å². The molecule has 0 amide bonds. The first-order valence-electron chi connectivity index (χ1n) is 5.57. The van der Waals surface area contributed by atoms with Gasteiger partial charge in [0.2, 0.25) is 0 Å². The Hall–Kier alpha value is -1.40. The van der Waals surface area contributed by atoms with Crippen molar-refractivity contribution in [2.24, 2.45) is 12.8 Å². The lowest BCUT2D eigenvalue weighted by Gasteiger charge is -1.98. The molecular formula is C11H17N5S. The first-order chi connectivity index (χ1) is 8.19. The lowest BCUT2D eigenvalue weighted by molar-refractivity contribution is 0.740. The Kier molecular flexibility index (Phi) is 3.75. The van der Waals surface area contributed by atoms with Gasteiger partial charge in [-0.15, -0.1) is 11.3 Å². The molecule has 0 aromatic carbocycles. The molecule has 0 saturated heterocycles. The minimum absolute atomic E-state index is 0.653. The van der Waals surface area contributed by atoms with Gasteiger partial charge < -0.3 is 11.1 Å². The molecule has 2 aromatic heterocycles. The van der Waals surface area contributed by atoms with Crippen LogP contribution in [0, 0.1) is 6.92 Å². The number of anilines is 1. The quantitative estimate of drug-likeness (QED) is 0.840. The monoisotopic (exact) mass is 251 g/mol. The van der Waals surface area contributed by atoms with E-state index < -0.39 is 0 Å². The number of hydrogen-bond donors (Lipinski definition) is 2. The Labute approximate surface area is 105 Å². The molecule has 6 heteroatoms. The van der Waals surface area contributed by atoms with Gasteiger partial charge in [0.1, 0.15) is 5.82 Å². The van der Waals surface area contributed by atoms with E-state index in [1.807, 2.05) is 24.7 Å².